The molecule has 104 valence electrons. The first-order valence-corrected chi connectivity index (χ1v) is 8.20. The predicted octanol–water partition coefficient (Wildman–Crippen LogP) is 1.51. The highest BCUT2D eigenvalue weighted by Gasteiger charge is 2.17. The summed E-state index contributed by atoms with van der Waals surface area (Å²) in [6.45, 7) is 6.01. The predicted molar refractivity (Wildman–Crippen MR) is 73.0 cm³/mol. The molecule has 6 heteroatoms. The summed E-state index contributed by atoms with van der Waals surface area (Å²) in [6.07, 6.45) is 3.47. The maximum Gasteiger partial charge on any atom is 0.157 e. The van der Waals surface area contributed by atoms with Crippen LogP contribution in [0.4, 0.5) is 0 Å². The van der Waals surface area contributed by atoms with Gasteiger partial charge >= 0.3 is 0 Å². The Morgan fingerprint density at radius 1 is 1.39 bits per heavy atom. The van der Waals surface area contributed by atoms with Crippen molar-refractivity contribution in [1.29, 1.82) is 0 Å². The summed E-state index contributed by atoms with van der Waals surface area (Å²) in [4.78, 5) is 0. The summed E-state index contributed by atoms with van der Waals surface area (Å²) in [6, 6.07) is 1.77. The van der Waals surface area contributed by atoms with E-state index in [1.165, 1.54) is 0 Å². The molecule has 0 saturated carbocycles. The van der Waals surface area contributed by atoms with Gasteiger partial charge < -0.3 is 5.73 Å². The van der Waals surface area contributed by atoms with Gasteiger partial charge in [-0.3, -0.25) is 4.68 Å². The Labute approximate surface area is 109 Å². The first-order chi connectivity index (χ1) is 8.38. The third-order valence-electron chi connectivity index (χ3n) is 3.07. The zero-order valence-electron chi connectivity index (χ0n) is 11.3. The summed E-state index contributed by atoms with van der Waals surface area (Å²) in [5.74, 6) is 0.00380. The molecule has 0 spiro atoms. The highest BCUT2D eigenvalue weighted by atomic mass is 32.2. The van der Waals surface area contributed by atoms with Crippen LogP contribution in [0.1, 0.15) is 45.3 Å². The van der Waals surface area contributed by atoms with Crippen molar-refractivity contribution in [2.75, 3.05) is 5.75 Å². The molecule has 2 N–H and O–H groups in total. The quantitative estimate of drug-likeness (QED) is 0.816. The number of nitrogens with zero attached hydrogens (tertiary/aromatic N) is 2. The molecule has 0 amide bonds. The van der Waals surface area contributed by atoms with Crippen molar-refractivity contribution < 1.29 is 8.42 Å². The number of aromatic nitrogens is 2. The van der Waals surface area contributed by atoms with E-state index in [0.29, 0.717) is 18.2 Å². The lowest BCUT2D eigenvalue weighted by atomic mass is 10.3. The van der Waals surface area contributed by atoms with Gasteiger partial charge in [0, 0.05) is 18.3 Å². The Morgan fingerprint density at radius 3 is 2.61 bits per heavy atom. The van der Waals surface area contributed by atoms with E-state index in [4.69, 9.17) is 5.73 Å². The van der Waals surface area contributed by atoms with Gasteiger partial charge in [0.25, 0.3) is 0 Å². The number of sulfone groups is 1. The molecular formula is C12H23N3O2S. The molecule has 0 radical (unpaired) electrons. The number of hydrogen-bond acceptors (Lipinski definition) is 4. The molecule has 18 heavy (non-hydrogen) atoms. The van der Waals surface area contributed by atoms with Crippen LogP contribution < -0.4 is 5.73 Å². The monoisotopic (exact) mass is 273 g/mol. The molecule has 1 aromatic rings. The van der Waals surface area contributed by atoms with Crippen LogP contribution in [0.2, 0.25) is 0 Å². The van der Waals surface area contributed by atoms with Gasteiger partial charge in [-0.05, 0) is 25.8 Å². The molecule has 1 heterocycles. The van der Waals surface area contributed by atoms with Crippen LogP contribution in [-0.4, -0.2) is 30.0 Å². The molecule has 1 rings (SSSR count). The van der Waals surface area contributed by atoms with Crippen LogP contribution in [0.15, 0.2) is 12.3 Å². The SMILES string of the molecule is CCC(N)CS(=O)(=O)Cc1ccn(C(C)CC)n1. The lowest BCUT2D eigenvalue weighted by Gasteiger charge is -2.09. The summed E-state index contributed by atoms with van der Waals surface area (Å²) in [5, 5.41) is 4.30. The number of rotatable bonds is 7. The topological polar surface area (TPSA) is 78.0 Å². The van der Waals surface area contributed by atoms with Crippen molar-refractivity contribution in [1.82, 2.24) is 9.78 Å². The largest absolute Gasteiger partial charge is 0.327 e. The first-order valence-electron chi connectivity index (χ1n) is 6.38. The zero-order chi connectivity index (χ0) is 13.8. The van der Waals surface area contributed by atoms with E-state index < -0.39 is 9.84 Å². The summed E-state index contributed by atoms with van der Waals surface area (Å²) in [7, 11) is -3.17. The van der Waals surface area contributed by atoms with E-state index >= 15 is 0 Å². The lowest BCUT2D eigenvalue weighted by molar-refractivity contribution is 0.474. The Morgan fingerprint density at radius 2 is 2.06 bits per heavy atom. The van der Waals surface area contributed by atoms with Crippen molar-refractivity contribution in [3.63, 3.8) is 0 Å². The standard InChI is InChI=1S/C12H23N3O2S/c1-4-10(3)15-7-6-12(14-15)9-18(16,17)8-11(13)5-2/h6-7,10-11H,4-5,8-9,13H2,1-3H3. The van der Waals surface area contributed by atoms with Crippen molar-refractivity contribution >= 4 is 9.84 Å². The fourth-order valence-electron chi connectivity index (χ4n) is 1.62. The average molecular weight is 273 g/mol. The second-order valence-electron chi connectivity index (χ2n) is 4.77. The minimum absolute atomic E-state index is 0.0237. The minimum atomic E-state index is -3.17. The van der Waals surface area contributed by atoms with E-state index in [2.05, 4.69) is 18.9 Å². The maximum absolute atomic E-state index is 11.9. The fraction of sp³-hybridized carbons (Fsp3) is 0.750. The maximum atomic E-state index is 11.9. The number of nitrogens with two attached hydrogens (primary N) is 1. The van der Waals surface area contributed by atoms with Crippen LogP contribution in [0.3, 0.4) is 0 Å². The van der Waals surface area contributed by atoms with E-state index in [9.17, 15) is 8.42 Å². The van der Waals surface area contributed by atoms with Gasteiger partial charge in [-0.15, -0.1) is 0 Å². The number of hydrogen-bond donors (Lipinski definition) is 1. The van der Waals surface area contributed by atoms with Gasteiger partial charge in [-0.25, -0.2) is 8.42 Å². The summed E-state index contributed by atoms with van der Waals surface area (Å²) in [5.41, 5.74) is 6.28. The second-order valence-corrected chi connectivity index (χ2v) is 6.88. The molecule has 0 aliphatic heterocycles. The molecule has 0 bridgehead atoms. The lowest BCUT2D eigenvalue weighted by Crippen LogP contribution is -2.29. The van der Waals surface area contributed by atoms with Gasteiger partial charge in [0.2, 0.25) is 0 Å². The van der Waals surface area contributed by atoms with Gasteiger partial charge in [0.15, 0.2) is 9.84 Å². The van der Waals surface area contributed by atoms with Crippen LogP contribution in [0.5, 0.6) is 0 Å². The third-order valence-corrected chi connectivity index (χ3v) is 4.74. The van der Waals surface area contributed by atoms with E-state index in [-0.39, 0.29) is 17.5 Å². The second kappa shape index (κ2) is 6.33. The summed E-state index contributed by atoms with van der Waals surface area (Å²) < 4.78 is 25.6. The molecule has 5 nitrogen and oxygen atoms in total. The van der Waals surface area contributed by atoms with Gasteiger partial charge in [-0.1, -0.05) is 13.8 Å². The van der Waals surface area contributed by atoms with Crippen LogP contribution in [-0.2, 0) is 15.6 Å². The zero-order valence-corrected chi connectivity index (χ0v) is 12.2. The Balaban J connectivity index is 2.70. The highest BCUT2D eigenvalue weighted by Crippen LogP contribution is 2.11. The van der Waals surface area contributed by atoms with E-state index in [0.717, 1.165) is 6.42 Å². The molecule has 2 unspecified atom stereocenters. The van der Waals surface area contributed by atoms with Crippen LogP contribution in [0.25, 0.3) is 0 Å². The normalized spacial score (nSPS) is 15.6. The molecule has 1 aromatic heterocycles. The molecule has 0 aliphatic carbocycles. The summed E-state index contributed by atoms with van der Waals surface area (Å²) >= 11 is 0. The van der Waals surface area contributed by atoms with E-state index in [1.807, 2.05) is 17.8 Å². The highest BCUT2D eigenvalue weighted by molar-refractivity contribution is 7.90. The molecular weight excluding hydrogens is 250 g/mol. The molecule has 0 aliphatic rings. The van der Waals surface area contributed by atoms with Crippen molar-refractivity contribution in [3.05, 3.63) is 18.0 Å². The van der Waals surface area contributed by atoms with Crippen molar-refractivity contribution in [2.45, 2.75) is 51.4 Å². The van der Waals surface area contributed by atoms with Crippen molar-refractivity contribution in [3.8, 4) is 0 Å². The van der Waals surface area contributed by atoms with E-state index in [1.54, 1.807) is 6.07 Å². The molecule has 2 atom stereocenters. The molecule has 0 fully saturated rings. The van der Waals surface area contributed by atoms with Gasteiger partial charge in [0.05, 0.1) is 17.2 Å². The van der Waals surface area contributed by atoms with Crippen LogP contribution >= 0.6 is 0 Å². The Hall–Kier alpha value is -0.880. The first kappa shape index (κ1) is 15.2. The minimum Gasteiger partial charge on any atom is -0.327 e. The molecule has 0 saturated heterocycles. The fourth-order valence-corrected chi connectivity index (χ4v) is 3.23. The van der Waals surface area contributed by atoms with Gasteiger partial charge in [0.1, 0.15) is 0 Å². The van der Waals surface area contributed by atoms with Crippen LogP contribution in [0, 0.1) is 0 Å². The van der Waals surface area contributed by atoms with Crippen molar-refractivity contribution in [2.24, 2.45) is 5.73 Å². The Kier molecular flexibility index (Phi) is 5.34. The molecule has 0 aromatic carbocycles. The average Bonchev–Trinajstić information content (AvgIpc) is 2.74. The Bertz CT molecular complexity index is 467. The third kappa shape index (κ3) is 4.42. The van der Waals surface area contributed by atoms with Gasteiger partial charge in [-0.2, -0.15) is 5.10 Å². The smallest absolute Gasteiger partial charge is 0.157 e.